The summed E-state index contributed by atoms with van der Waals surface area (Å²) in [6.45, 7) is 0. The summed E-state index contributed by atoms with van der Waals surface area (Å²) in [4.78, 5) is 10.8. The number of benzene rings is 2. The monoisotopic (exact) mass is 280 g/mol. The van der Waals surface area contributed by atoms with Gasteiger partial charge in [0.05, 0.1) is 17.4 Å². The van der Waals surface area contributed by atoms with Crippen molar-refractivity contribution in [2.24, 2.45) is 0 Å². The van der Waals surface area contributed by atoms with E-state index in [1.807, 2.05) is 54.6 Å². The van der Waals surface area contributed by atoms with Gasteiger partial charge in [-0.1, -0.05) is 18.2 Å². The molecule has 3 aromatic rings. The van der Waals surface area contributed by atoms with Crippen LogP contribution in [0.5, 0.6) is 11.5 Å². The van der Waals surface area contributed by atoms with Gasteiger partial charge in [-0.2, -0.15) is 5.10 Å². The number of ether oxygens (including phenoxy) is 1. The fourth-order valence-electron chi connectivity index (χ4n) is 1.87. The quantitative estimate of drug-likeness (QED) is 0.795. The molecular formula is C16H12N2O3. The lowest BCUT2D eigenvalue weighted by atomic mass is 10.3. The molecule has 0 atom stereocenters. The minimum absolute atomic E-state index is 0.152. The molecule has 0 saturated carbocycles. The molecular weight excluding hydrogens is 268 g/mol. The molecule has 0 aliphatic rings. The molecule has 21 heavy (non-hydrogen) atoms. The van der Waals surface area contributed by atoms with Crippen molar-refractivity contribution in [2.75, 3.05) is 0 Å². The maximum Gasteiger partial charge on any atom is 0.338 e. The maximum absolute atomic E-state index is 10.8. The summed E-state index contributed by atoms with van der Waals surface area (Å²) < 4.78 is 7.20. The zero-order valence-corrected chi connectivity index (χ0v) is 11.0. The Balaban J connectivity index is 1.78. The lowest BCUT2D eigenvalue weighted by Crippen LogP contribution is -1.95. The number of nitrogens with zero attached hydrogens (tertiary/aromatic N) is 2. The standard InChI is InChI=1S/C16H12N2O3/c19-16(20)12-10-17-18(11-12)13-6-8-15(9-7-13)21-14-4-2-1-3-5-14/h1-11H,(H,19,20). The zero-order chi connectivity index (χ0) is 14.7. The number of hydrogen-bond acceptors (Lipinski definition) is 3. The Kier molecular flexibility index (Phi) is 3.39. The molecule has 0 saturated heterocycles. The number of para-hydroxylation sites is 1. The van der Waals surface area contributed by atoms with Gasteiger partial charge in [-0.05, 0) is 36.4 Å². The first-order valence-electron chi connectivity index (χ1n) is 6.34. The number of hydrogen-bond donors (Lipinski definition) is 1. The first kappa shape index (κ1) is 12.9. The van der Waals surface area contributed by atoms with E-state index in [0.29, 0.717) is 5.75 Å². The van der Waals surface area contributed by atoms with Crippen LogP contribution in [0.15, 0.2) is 67.0 Å². The molecule has 5 nitrogen and oxygen atoms in total. The summed E-state index contributed by atoms with van der Waals surface area (Å²) in [7, 11) is 0. The number of carbonyl (C=O) groups is 1. The molecule has 0 radical (unpaired) electrons. The van der Waals surface area contributed by atoms with Gasteiger partial charge in [0.2, 0.25) is 0 Å². The molecule has 1 aromatic heterocycles. The number of carboxylic acid groups (broad SMARTS) is 1. The van der Waals surface area contributed by atoms with E-state index in [-0.39, 0.29) is 5.56 Å². The molecule has 104 valence electrons. The van der Waals surface area contributed by atoms with E-state index in [2.05, 4.69) is 5.10 Å². The summed E-state index contributed by atoms with van der Waals surface area (Å²) in [5, 5.41) is 12.9. The first-order chi connectivity index (χ1) is 10.2. The van der Waals surface area contributed by atoms with Crippen LogP contribution in [0.3, 0.4) is 0 Å². The summed E-state index contributed by atoms with van der Waals surface area (Å²) in [5.74, 6) is 0.471. The molecule has 0 aliphatic heterocycles. The average molecular weight is 280 g/mol. The Morgan fingerprint density at radius 2 is 1.67 bits per heavy atom. The normalized spacial score (nSPS) is 10.3. The van der Waals surface area contributed by atoms with Crippen molar-refractivity contribution >= 4 is 5.97 Å². The number of carboxylic acids is 1. The van der Waals surface area contributed by atoms with Gasteiger partial charge in [-0.3, -0.25) is 0 Å². The van der Waals surface area contributed by atoms with Crippen molar-refractivity contribution < 1.29 is 14.6 Å². The summed E-state index contributed by atoms with van der Waals surface area (Å²) in [5.41, 5.74) is 0.919. The van der Waals surface area contributed by atoms with E-state index in [4.69, 9.17) is 9.84 Å². The van der Waals surface area contributed by atoms with Gasteiger partial charge in [0.25, 0.3) is 0 Å². The Hall–Kier alpha value is -3.08. The van der Waals surface area contributed by atoms with Crippen molar-refractivity contribution in [1.82, 2.24) is 9.78 Å². The molecule has 1 N–H and O–H groups in total. The predicted molar refractivity (Wildman–Crippen MR) is 77.0 cm³/mol. The zero-order valence-electron chi connectivity index (χ0n) is 11.0. The molecule has 0 fully saturated rings. The van der Waals surface area contributed by atoms with Crippen LogP contribution in [0.1, 0.15) is 10.4 Å². The van der Waals surface area contributed by atoms with E-state index in [0.717, 1.165) is 11.4 Å². The minimum atomic E-state index is -0.995. The third-order valence-corrected chi connectivity index (χ3v) is 2.91. The van der Waals surface area contributed by atoms with Crippen LogP contribution in [0.4, 0.5) is 0 Å². The minimum Gasteiger partial charge on any atom is -0.478 e. The van der Waals surface area contributed by atoms with Crippen LogP contribution in [-0.4, -0.2) is 20.9 Å². The van der Waals surface area contributed by atoms with Gasteiger partial charge in [-0.25, -0.2) is 9.48 Å². The molecule has 5 heteroatoms. The highest BCUT2D eigenvalue weighted by atomic mass is 16.5. The van der Waals surface area contributed by atoms with Gasteiger partial charge >= 0.3 is 5.97 Å². The largest absolute Gasteiger partial charge is 0.478 e. The van der Waals surface area contributed by atoms with Gasteiger partial charge in [0, 0.05) is 6.20 Å². The second-order valence-corrected chi connectivity index (χ2v) is 4.39. The van der Waals surface area contributed by atoms with E-state index in [1.165, 1.54) is 17.1 Å². The van der Waals surface area contributed by atoms with Crippen LogP contribution >= 0.6 is 0 Å². The Morgan fingerprint density at radius 3 is 2.29 bits per heavy atom. The van der Waals surface area contributed by atoms with Gasteiger partial charge in [0.1, 0.15) is 11.5 Å². The maximum atomic E-state index is 10.8. The molecule has 0 amide bonds. The molecule has 0 unspecified atom stereocenters. The molecule has 0 spiro atoms. The highest BCUT2D eigenvalue weighted by Crippen LogP contribution is 2.22. The summed E-state index contributed by atoms with van der Waals surface area (Å²) in [6, 6.07) is 16.7. The second-order valence-electron chi connectivity index (χ2n) is 4.39. The lowest BCUT2D eigenvalue weighted by Gasteiger charge is -2.06. The van der Waals surface area contributed by atoms with Gasteiger partial charge in [-0.15, -0.1) is 0 Å². The van der Waals surface area contributed by atoms with Gasteiger partial charge in [0.15, 0.2) is 0 Å². The topological polar surface area (TPSA) is 64.3 Å². The summed E-state index contributed by atoms with van der Waals surface area (Å²) >= 11 is 0. The highest BCUT2D eigenvalue weighted by Gasteiger charge is 2.07. The van der Waals surface area contributed by atoms with Crippen molar-refractivity contribution in [3.05, 3.63) is 72.6 Å². The van der Waals surface area contributed by atoms with Crippen molar-refractivity contribution in [3.63, 3.8) is 0 Å². The first-order valence-corrected chi connectivity index (χ1v) is 6.34. The molecule has 0 bridgehead atoms. The average Bonchev–Trinajstić information content (AvgIpc) is 2.99. The molecule has 0 aliphatic carbocycles. The van der Waals surface area contributed by atoms with Crippen molar-refractivity contribution in [2.45, 2.75) is 0 Å². The second kappa shape index (κ2) is 5.50. The molecule has 1 heterocycles. The summed E-state index contributed by atoms with van der Waals surface area (Å²) in [6.07, 6.45) is 2.78. The van der Waals surface area contributed by atoms with E-state index in [1.54, 1.807) is 0 Å². The third kappa shape index (κ3) is 2.92. The SMILES string of the molecule is O=C(O)c1cnn(-c2ccc(Oc3ccccc3)cc2)c1. The molecule has 2 aromatic carbocycles. The van der Waals surface area contributed by atoms with E-state index in [9.17, 15) is 4.79 Å². The van der Waals surface area contributed by atoms with E-state index < -0.39 is 5.97 Å². The Morgan fingerprint density at radius 1 is 1.00 bits per heavy atom. The van der Waals surface area contributed by atoms with E-state index >= 15 is 0 Å². The Bertz CT molecular complexity index is 749. The van der Waals surface area contributed by atoms with Crippen LogP contribution < -0.4 is 4.74 Å². The van der Waals surface area contributed by atoms with Crippen LogP contribution in [-0.2, 0) is 0 Å². The number of rotatable bonds is 4. The lowest BCUT2D eigenvalue weighted by molar-refractivity contribution is 0.0697. The number of aromatic nitrogens is 2. The van der Waals surface area contributed by atoms with Gasteiger partial charge < -0.3 is 9.84 Å². The van der Waals surface area contributed by atoms with Crippen LogP contribution in [0, 0.1) is 0 Å². The highest BCUT2D eigenvalue weighted by molar-refractivity contribution is 5.86. The third-order valence-electron chi connectivity index (χ3n) is 2.91. The predicted octanol–water partition coefficient (Wildman–Crippen LogP) is 3.36. The van der Waals surface area contributed by atoms with Crippen molar-refractivity contribution in [1.29, 1.82) is 0 Å². The molecule has 3 rings (SSSR count). The van der Waals surface area contributed by atoms with Crippen LogP contribution in [0.2, 0.25) is 0 Å². The van der Waals surface area contributed by atoms with Crippen molar-refractivity contribution in [3.8, 4) is 17.2 Å². The smallest absolute Gasteiger partial charge is 0.338 e. The van der Waals surface area contributed by atoms with Crippen LogP contribution in [0.25, 0.3) is 5.69 Å². The Labute approximate surface area is 121 Å². The fourth-order valence-corrected chi connectivity index (χ4v) is 1.87. The number of aromatic carboxylic acids is 1. The fraction of sp³-hybridized carbons (Fsp3) is 0.